The van der Waals surface area contributed by atoms with Crippen molar-refractivity contribution in [2.45, 2.75) is 52.0 Å². The van der Waals surface area contributed by atoms with Crippen LogP contribution in [0.25, 0.3) is 0 Å². The van der Waals surface area contributed by atoms with Crippen molar-refractivity contribution in [1.82, 2.24) is 4.90 Å². The van der Waals surface area contributed by atoms with Gasteiger partial charge in [0, 0.05) is 24.2 Å². The van der Waals surface area contributed by atoms with Crippen LogP contribution in [0.2, 0.25) is 0 Å². The van der Waals surface area contributed by atoms with Crippen LogP contribution in [0.15, 0.2) is 60.7 Å². The number of nitrogens with zero attached hydrogens (tertiary/aromatic N) is 1. The van der Waals surface area contributed by atoms with E-state index in [2.05, 4.69) is 19.2 Å². The van der Waals surface area contributed by atoms with Gasteiger partial charge in [-0.3, -0.25) is 14.5 Å². The number of ether oxygens (including phenoxy) is 3. The number of carboxylic acid groups (broad SMARTS) is 1. The normalized spacial score (nSPS) is 19.7. The van der Waals surface area contributed by atoms with Gasteiger partial charge in [-0.2, -0.15) is 0 Å². The molecule has 2 aliphatic heterocycles. The van der Waals surface area contributed by atoms with E-state index in [4.69, 9.17) is 14.2 Å². The average molecular weight is 559 g/mol. The van der Waals surface area contributed by atoms with Gasteiger partial charge in [0.2, 0.25) is 12.7 Å². The van der Waals surface area contributed by atoms with Crippen molar-refractivity contribution in [3.05, 3.63) is 82.9 Å². The highest BCUT2D eigenvalue weighted by molar-refractivity contribution is 5.94. The number of amides is 1. The second kappa shape index (κ2) is 12.6. The second-order valence-electron chi connectivity index (χ2n) is 10.6. The molecule has 3 atom stereocenters. The SMILES string of the molecule is CCCOc1ccc(C2C(C(=O)O)C(c3ccc4c(c3)OCO4)CN2CC(=O)Nc2c(CC)cccc2CC)cc1. The first-order chi connectivity index (χ1) is 19.9. The van der Waals surface area contributed by atoms with Crippen molar-refractivity contribution in [2.24, 2.45) is 5.92 Å². The number of carbonyl (C=O) groups excluding carboxylic acids is 1. The topological polar surface area (TPSA) is 97.3 Å². The number of carbonyl (C=O) groups is 2. The molecule has 3 unspecified atom stereocenters. The largest absolute Gasteiger partial charge is 0.494 e. The Kier molecular flexibility index (Phi) is 8.78. The van der Waals surface area contributed by atoms with Crippen molar-refractivity contribution < 1.29 is 28.9 Å². The molecule has 8 nitrogen and oxygen atoms in total. The molecule has 2 heterocycles. The van der Waals surface area contributed by atoms with Gasteiger partial charge >= 0.3 is 5.97 Å². The molecule has 8 heteroatoms. The Labute approximate surface area is 241 Å². The van der Waals surface area contributed by atoms with E-state index in [0.29, 0.717) is 24.7 Å². The first-order valence-corrected chi connectivity index (χ1v) is 14.4. The molecule has 0 aromatic heterocycles. The maximum Gasteiger partial charge on any atom is 0.309 e. The second-order valence-corrected chi connectivity index (χ2v) is 10.6. The molecule has 0 saturated carbocycles. The van der Waals surface area contributed by atoms with Gasteiger partial charge in [-0.1, -0.05) is 57.2 Å². The van der Waals surface area contributed by atoms with Crippen LogP contribution >= 0.6 is 0 Å². The third kappa shape index (κ3) is 6.03. The minimum Gasteiger partial charge on any atom is -0.494 e. The van der Waals surface area contributed by atoms with Gasteiger partial charge in [-0.15, -0.1) is 0 Å². The predicted molar refractivity (Wildman–Crippen MR) is 157 cm³/mol. The van der Waals surface area contributed by atoms with Gasteiger partial charge in [0.05, 0.1) is 19.1 Å². The van der Waals surface area contributed by atoms with Crippen LogP contribution in [0.5, 0.6) is 17.2 Å². The van der Waals surface area contributed by atoms with Gasteiger partial charge in [0.25, 0.3) is 0 Å². The number of nitrogens with one attached hydrogen (secondary N) is 1. The fraction of sp³-hybridized carbons (Fsp3) is 0.394. The summed E-state index contributed by atoms with van der Waals surface area (Å²) in [5.74, 6) is -0.207. The third-order valence-corrected chi connectivity index (χ3v) is 8.01. The van der Waals surface area contributed by atoms with E-state index in [-0.39, 0.29) is 25.2 Å². The molecule has 3 aromatic carbocycles. The van der Waals surface area contributed by atoms with Crippen LogP contribution in [-0.4, -0.2) is 48.4 Å². The highest BCUT2D eigenvalue weighted by Crippen LogP contribution is 2.47. The lowest BCUT2D eigenvalue weighted by Gasteiger charge is -2.27. The zero-order valence-electron chi connectivity index (χ0n) is 23.9. The molecule has 0 spiro atoms. The summed E-state index contributed by atoms with van der Waals surface area (Å²) in [5.41, 5.74) is 4.71. The number of carboxylic acids is 1. The summed E-state index contributed by atoms with van der Waals surface area (Å²) in [6, 6.07) is 18.8. The average Bonchev–Trinajstić information content (AvgIpc) is 3.61. The zero-order chi connectivity index (χ0) is 28.9. The van der Waals surface area contributed by atoms with Crippen LogP contribution in [0, 0.1) is 5.92 Å². The number of benzene rings is 3. The number of hydrogen-bond acceptors (Lipinski definition) is 6. The molecular formula is C33H38N2O6. The van der Waals surface area contributed by atoms with Crippen molar-refractivity contribution >= 4 is 17.6 Å². The molecule has 1 amide bonds. The maximum atomic E-state index is 13.6. The summed E-state index contributed by atoms with van der Waals surface area (Å²) in [6.07, 6.45) is 2.50. The molecule has 0 aliphatic carbocycles. The van der Waals surface area contributed by atoms with E-state index in [1.54, 1.807) is 0 Å². The quantitative estimate of drug-likeness (QED) is 0.307. The number of para-hydroxylation sites is 1. The van der Waals surface area contributed by atoms with Crippen LogP contribution in [0.1, 0.15) is 61.4 Å². The Morgan fingerprint density at radius 2 is 1.63 bits per heavy atom. The van der Waals surface area contributed by atoms with Crippen molar-refractivity contribution in [3.8, 4) is 17.2 Å². The van der Waals surface area contributed by atoms with Crippen molar-refractivity contribution in [3.63, 3.8) is 0 Å². The van der Waals surface area contributed by atoms with E-state index < -0.39 is 17.9 Å². The molecule has 0 radical (unpaired) electrons. The van der Waals surface area contributed by atoms with Gasteiger partial charge < -0.3 is 24.6 Å². The van der Waals surface area contributed by atoms with E-state index in [1.165, 1.54) is 0 Å². The molecule has 41 heavy (non-hydrogen) atoms. The molecular weight excluding hydrogens is 520 g/mol. The van der Waals surface area contributed by atoms with Crippen molar-refractivity contribution in [2.75, 3.05) is 31.8 Å². The predicted octanol–water partition coefficient (Wildman–Crippen LogP) is 5.81. The number of hydrogen-bond donors (Lipinski definition) is 2. The van der Waals surface area contributed by atoms with Gasteiger partial charge in [-0.05, 0) is 65.8 Å². The molecule has 2 N–H and O–H groups in total. The zero-order valence-corrected chi connectivity index (χ0v) is 23.9. The molecule has 2 aliphatic rings. The number of aliphatic carboxylic acids is 1. The number of fused-ring (bicyclic) bond motifs is 1. The smallest absolute Gasteiger partial charge is 0.309 e. The van der Waals surface area contributed by atoms with Crippen LogP contribution in [0.4, 0.5) is 5.69 Å². The Bertz CT molecular complexity index is 1370. The molecule has 5 rings (SSSR count). The number of rotatable bonds is 11. The summed E-state index contributed by atoms with van der Waals surface area (Å²) in [7, 11) is 0. The van der Waals surface area contributed by atoms with E-state index in [0.717, 1.165) is 53.0 Å². The molecule has 3 aromatic rings. The maximum absolute atomic E-state index is 13.6. The van der Waals surface area contributed by atoms with E-state index in [1.807, 2.05) is 72.5 Å². The van der Waals surface area contributed by atoms with Crippen LogP contribution in [0.3, 0.4) is 0 Å². The molecule has 1 fully saturated rings. The minimum atomic E-state index is -0.906. The van der Waals surface area contributed by atoms with Gasteiger partial charge in [0.1, 0.15) is 5.75 Å². The Balaban J connectivity index is 1.47. The van der Waals surface area contributed by atoms with Crippen LogP contribution in [-0.2, 0) is 22.4 Å². The fourth-order valence-corrected chi connectivity index (χ4v) is 6.02. The number of anilines is 1. The highest BCUT2D eigenvalue weighted by Gasteiger charge is 2.48. The van der Waals surface area contributed by atoms with Gasteiger partial charge in [-0.25, -0.2) is 0 Å². The summed E-state index contributed by atoms with van der Waals surface area (Å²) >= 11 is 0. The lowest BCUT2D eigenvalue weighted by molar-refractivity contribution is -0.143. The molecule has 1 saturated heterocycles. The summed E-state index contributed by atoms with van der Waals surface area (Å²) in [5, 5.41) is 13.7. The lowest BCUT2D eigenvalue weighted by atomic mass is 9.82. The van der Waals surface area contributed by atoms with E-state index in [9.17, 15) is 14.7 Å². The first kappa shape index (κ1) is 28.5. The van der Waals surface area contributed by atoms with Crippen LogP contribution < -0.4 is 19.5 Å². The highest BCUT2D eigenvalue weighted by atomic mass is 16.7. The monoisotopic (exact) mass is 558 g/mol. The molecule has 216 valence electrons. The Hall–Kier alpha value is -4.04. The number of likely N-dealkylation sites (tertiary alicyclic amines) is 1. The minimum absolute atomic E-state index is 0.0603. The lowest BCUT2D eigenvalue weighted by Crippen LogP contribution is -2.35. The summed E-state index contributed by atoms with van der Waals surface area (Å²) < 4.78 is 16.8. The first-order valence-electron chi connectivity index (χ1n) is 14.4. The summed E-state index contributed by atoms with van der Waals surface area (Å²) in [4.78, 5) is 28.5. The standard InChI is InChI=1S/C33H38N2O6/c1-4-16-39-25-13-10-23(11-14-25)32-30(33(37)38)26(24-12-15-27-28(17-24)41-20-40-27)18-35(32)19-29(36)34-31-21(5-2)8-7-9-22(31)6-3/h7-15,17,26,30,32H,4-6,16,18-20H2,1-3H3,(H,34,36)(H,37,38). The van der Waals surface area contributed by atoms with Crippen molar-refractivity contribution in [1.29, 1.82) is 0 Å². The summed E-state index contributed by atoms with van der Waals surface area (Å²) in [6.45, 7) is 7.41. The number of aryl methyl sites for hydroxylation is 2. The van der Waals surface area contributed by atoms with Gasteiger partial charge in [0.15, 0.2) is 11.5 Å². The van der Waals surface area contributed by atoms with E-state index >= 15 is 0 Å². The fourth-order valence-electron chi connectivity index (χ4n) is 6.02. The Morgan fingerprint density at radius 3 is 2.29 bits per heavy atom. The molecule has 0 bridgehead atoms. The third-order valence-electron chi connectivity index (χ3n) is 8.01. The Morgan fingerprint density at radius 1 is 0.951 bits per heavy atom.